The highest BCUT2D eigenvalue weighted by atomic mass is 127. The van der Waals surface area contributed by atoms with E-state index in [1.54, 1.807) is 42.5 Å². The molecule has 1 saturated carbocycles. The summed E-state index contributed by atoms with van der Waals surface area (Å²) < 4.78 is 27.8. The number of sulfonamides is 1. The first-order chi connectivity index (χ1) is 19.5. The van der Waals surface area contributed by atoms with E-state index in [4.69, 9.17) is 23.2 Å². The average molecular weight is 728 g/mol. The lowest BCUT2D eigenvalue weighted by Gasteiger charge is -2.34. The normalized spacial score (nSPS) is 14.4. The molecular weight excluding hydrogens is 696 g/mol. The topological polar surface area (TPSA) is 86.8 Å². The number of hydrogen-bond acceptors (Lipinski definition) is 4. The van der Waals surface area contributed by atoms with Gasteiger partial charge in [0.15, 0.2) is 0 Å². The lowest BCUT2D eigenvalue weighted by molar-refractivity contribution is -0.140. The zero-order valence-electron chi connectivity index (χ0n) is 22.6. The van der Waals surface area contributed by atoms with E-state index >= 15 is 0 Å². The number of carbonyl (C=O) groups is 2. The molecule has 1 N–H and O–H groups in total. The Morgan fingerprint density at radius 3 is 2.27 bits per heavy atom. The van der Waals surface area contributed by atoms with Gasteiger partial charge in [-0.2, -0.15) is 0 Å². The van der Waals surface area contributed by atoms with Crippen molar-refractivity contribution in [1.82, 2.24) is 10.2 Å². The molecule has 0 radical (unpaired) electrons. The first kappa shape index (κ1) is 31.6. The number of amides is 2. The number of carbonyl (C=O) groups excluding carboxylic acids is 2. The number of hydrogen-bond donors (Lipinski definition) is 1. The van der Waals surface area contributed by atoms with Crippen molar-refractivity contribution in [3.8, 4) is 0 Å². The van der Waals surface area contributed by atoms with Gasteiger partial charge in [-0.3, -0.25) is 13.9 Å². The minimum Gasteiger partial charge on any atom is -0.352 e. The van der Waals surface area contributed by atoms with Crippen LogP contribution in [0.4, 0.5) is 5.69 Å². The number of halogens is 3. The largest absolute Gasteiger partial charge is 0.352 e. The Hall–Kier alpha value is -2.34. The summed E-state index contributed by atoms with van der Waals surface area (Å²) in [5.41, 5.74) is 1.83. The highest BCUT2D eigenvalue weighted by Gasteiger charge is 2.34. The summed E-state index contributed by atoms with van der Waals surface area (Å²) in [6.45, 7) is -0.485. The van der Waals surface area contributed by atoms with Gasteiger partial charge >= 0.3 is 0 Å². The van der Waals surface area contributed by atoms with Crippen LogP contribution in [-0.2, 0) is 32.6 Å². The van der Waals surface area contributed by atoms with Crippen molar-refractivity contribution in [3.05, 3.63) is 97.5 Å². The van der Waals surface area contributed by atoms with Gasteiger partial charge in [0.25, 0.3) is 0 Å². The summed E-state index contributed by atoms with van der Waals surface area (Å²) in [7, 11) is -3.83. The molecule has 3 aromatic rings. The molecule has 1 aliphatic rings. The molecule has 0 aliphatic heterocycles. The van der Waals surface area contributed by atoms with Crippen molar-refractivity contribution in [1.29, 1.82) is 0 Å². The molecule has 1 atom stereocenters. The van der Waals surface area contributed by atoms with Gasteiger partial charge in [0.05, 0.1) is 11.9 Å². The highest BCUT2D eigenvalue weighted by Crippen LogP contribution is 2.26. The first-order valence-corrected chi connectivity index (χ1v) is 17.0. The van der Waals surface area contributed by atoms with Crippen molar-refractivity contribution in [3.63, 3.8) is 0 Å². The Balaban J connectivity index is 1.74. The summed E-state index contributed by atoms with van der Waals surface area (Å²) in [6.07, 6.45) is 5.16. The number of nitrogens with one attached hydrogen (secondary N) is 1. The molecule has 218 valence electrons. The van der Waals surface area contributed by atoms with Gasteiger partial charge in [-0.05, 0) is 83.0 Å². The maximum atomic E-state index is 14.2. The lowest BCUT2D eigenvalue weighted by Crippen LogP contribution is -2.54. The average Bonchev–Trinajstić information content (AvgIpc) is 3.44. The molecule has 4 rings (SSSR count). The molecule has 1 aliphatic carbocycles. The second kappa shape index (κ2) is 14.2. The van der Waals surface area contributed by atoms with E-state index in [2.05, 4.69) is 27.9 Å². The van der Waals surface area contributed by atoms with Crippen LogP contribution in [-0.4, -0.2) is 50.0 Å². The van der Waals surface area contributed by atoms with Crippen LogP contribution in [0.15, 0.2) is 72.8 Å². The molecule has 3 aromatic carbocycles. The van der Waals surface area contributed by atoms with E-state index in [1.165, 1.54) is 4.90 Å². The number of rotatable bonds is 11. The minimum absolute atomic E-state index is 0.00525. The maximum absolute atomic E-state index is 14.2. The van der Waals surface area contributed by atoms with Gasteiger partial charge in [0, 0.05) is 32.6 Å². The quantitative estimate of drug-likeness (QED) is 0.244. The third-order valence-electron chi connectivity index (χ3n) is 7.12. The molecule has 7 nitrogen and oxygen atoms in total. The summed E-state index contributed by atoms with van der Waals surface area (Å²) in [4.78, 5) is 29.5. The summed E-state index contributed by atoms with van der Waals surface area (Å²) in [5, 5.41) is 3.94. The van der Waals surface area contributed by atoms with Crippen LogP contribution in [0, 0.1) is 3.57 Å². The second-order valence-electron chi connectivity index (χ2n) is 10.2. The van der Waals surface area contributed by atoms with Crippen LogP contribution in [0.5, 0.6) is 0 Å². The van der Waals surface area contributed by atoms with Crippen LogP contribution in [0.3, 0.4) is 0 Å². The van der Waals surface area contributed by atoms with E-state index in [9.17, 15) is 18.0 Å². The lowest BCUT2D eigenvalue weighted by atomic mass is 10.0. The van der Waals surface area contributed by atoms with Crippen LogP contribution in [0.1, 0.15) is 36.8 Å². The molecule has 0 aromatic heterocycles. The summed E-state index contributed by atoms with van der Waals surface area (Å²) in [5.74, 6) is -0.804. The third-order valence-corrected chi connectivity index (χ3v) is 9.57. The predicted octanol–water partition coefficient (Wildman–Crippen LogP) is 6.06. The fourth-order valence-corrected chi connectivity index (χ4v) is 6.65. The van der Waals surface area contributed by atoms with Gasteiger partial charge in [-0.25, -0.2) is 8.42 Å². The van der Waals surface area contributed by atoms with Crippen molar-refractivity contribution in [2.24, 2.45) is 0 Å². The third kappa shape index (κ3) is 8.83. The van der Waals surface area contributed by atoms with Gasteiger partial charge < -0.3 is 10.2 Å². The Bertz CT molecular complexity index is 1470. The van der Waals surface area contributed by atoms with Crippen molar-refractivity contribution < 1.29 is 18.0 Å². The fourth-order valence-electron chi connectivity index (χ4n) is 4.98. The number of anilines is 1. The van der Waals surface area contributed by atoms with Crippen molar-refractivity contribution >= 4 is 73.3 Å². The van der Waals surface area contributed by atoms with E-state index in [-0.39, 0.29) is 24.9 Å². The maximum Gasteiger partial charge on any atom is 0.244 e. The van der Waals surface area contributed by atoms with Crippen molar-refractivity contribution in [2.75, 3.05) is 17.1 Å². The SMILES string of the molecule is CS(=O)(=O)N(CC(=O)N(Cc1ccc(Cl)cc1Cl)[C@@H](Cc1ccccc1)C(=O)NC1CCCC1)c1ccc(I)cc1. The van der Waals surface area contributed by atoms with Crippen LogP contribution in [0.25, 0.3) is 0 Å². The van der Waals surface area contributed by atoms with Gasteiger partial charge in [0.1, 0.15) is 12.6 Å². The molecule has 1 fully saturated rings. The van der Waals surface area contributed by atoms with E-state index in [0.29, 0.717) is 21.3 Å². The zero-order valence-corrected chi connectivity index (χ0v) is 27.1. The van der Waals surface area contributed by atoms with E-state index < -0.39 is 28.5 Å². The monoisotopic (exact) mass is 727 g/mol. The first-order valence-electron chi connectivity index (χ1n) is 13.3. The zero-order chi connectivity index (χ0) is 29.6. The molecule has 0 unspecified atom stereocenters. The van der Waals surface area contributed by atoms with E-state index in [1.807, 2.05) is 30.3 Å². The standard InChI is InChI=1S/C30H32Cl2IN3O4S/c1-41(39,40)36(26-15-13-24(33)14-16-26)20-29(37)35(19-22-11-12-23(31)18-27(22)32)28(17-21-7-3-2-4-8-21)30(38)34-25-9-5-6-10-25/h2-4,7-8,11-16,18,25,28H,5-6,9-10,17,19-20H2,1H3,(H,34,38)/t28-/m0/s1. The number of nitrogens with zero attached hydrogens (tertiary/aromatic N) is 2. The minimum atomic E-state index is -3.83. The Morgan fingerprint density at radius 1 is 1.00 bits per heavy atom. The molecule has 0 spiro atoms. The summed E-state index contributed by atoms with van der Waals surface area (Å²) in [6, 6.07) is 20.4. The molecular formula is C30H32Cl2IN3O4S. The van der Waals surface area contributed by atoms with Crippen LogP contribution >= 0.6 is 45.8 Å². The molecule has 0 saturated heterocycles. The predicted molar refractivity (Wildman–Crippen MR) is 173 cm³/mol. The number of benzene rings is 3. The van der Waals surface area contributed by atoms with Crippen LogP contribution in [0.2, 0.25) is 10.0 Å². The van der Waals surface area contributed by atoms with Crippen molar-refractivity contribution in [2.45, 2.75) is 50.7 Å². The van der Waals surface area contributed by atoms with Gasteiger partial charge in [0.2, 0.25) is 21.8 Å². The summed E-state index contributed by atoms with van der Waals surface area (Å²) >= 11 is 14.8. The highest BCUT2D eigenvalue weighted by molar-refractivity contribution is 14.1. The molecule has 0 heterocycles. The van der Waals surface area contributed by atoms with Gasteiger partial charge in [-0.1, -0.05) is 72.4 Å². The molecule has 11 heteroatoms. The Labute approximate surface area is 265 Å². The molecule has 2 amide bonds. The Morgan fingerprint density at radius 2 is 1.66 bits per heavy atom. The Kier molecular flexibility index (Phi) is 11.0. The molecule has 0 bridgehead atoms. The smallest absolute Gasteiger partial charge is 0.244 e. The van der Waals surface area contributed by atoms with Crippen LogP contribution < -0.4 is 9.62 Å². The van der Waals surface area contributed by atoms with Gasteiger partial charge in [-0.15, -0.1) is 0 Å². The molecule has 41 heavy (non-hydrogen) atoms. The van der Waals surface area contributed by atoms with E-state index in [0.717, 1.165) is 45.4 Å². The second-order valence-corrected chi connectivity index (χ2v) is 14.2. The fraction of sp³-hybridized carbons (Fsp3) is 0.333.